The first-order chi connectivity index (χ1) is 18.5. The Balaban J connectivity index is 1.00. The van der Waals surface area contributed by atoms with Crippen molar-refractivity contribution in [1.29, 1.82) is 0 Å². The van der Waals surface area contributed by atoms with Crippen LogP contribution in [-0.2, 0) is 11.2 Å². The number of piperazine rings is 1. The first-order valence-corrected chi connectivity index (χ1v) is 14.2. The lowest BCUT2D eigenvalue weighted by Crippen LogP contribution is -2.48. The van der Waals surface area contributed by atoms with Crippen LogP contribution in [0.5, 0.6) is 0 Å². The molecule has 2 saturated heterocycles. The molecule has 0 atom stereocenters. The third-order valence-electron chi connectivity index (χ3n) is 7.02. The molecule has 0 bridgehead atoms. The van der Waals surface area contributed by atoms with Crippen molar-refractivity contribution in [3.05, 3.63) is 48.5 Å². The van der Waals surface area contributed by atoms with E-state index >= 15 is 0 Å². The van der Waals surface area contributed by atoms with Gasteiger partial charge in [0.2, 0.25) is 11.9 Å². The highest BCUT2D eigenvalue weighted by atomic mass is 32.2. The minimum atomic E-state index is -0.749. The van der Waals surface area contributed by atoms with E-state index in [1.54, 1.807) is 18.4 Å². The third-order valence-corrected chi connectivity index (χ3v) is 8.30. The van der Waals surface area contributed by atoms with Gasteiger partial charge in [-0.25, -0.2) is 4.39 Å². The number of halogens is 1. The second-order valence-corrected chi connectivity index (χ2v) is 11.1. The first-order valence-electron chi connectivity index (χ1n) is 12.7. The van der Waals surface area contributed by atoms with Gasteiger partial charge in [0.15, 0.2) is 11.4 Å². The van der Waals surface area contributed by atoms with Crippen molar-refractivity contribution >= 4 is 40.1 Å². The fourth-order valence-electron chi connectivity index (χ4n) is 4.92. The maximum Gasteiger partial charge on any atom is 0.228 e. The average Bonchev–Trinajstić information content (AvgIpc) is 3.60. The van der Waals surface area contributed by atoms with Gasteiger partial charge in [0.25, 0.3) is 0 Å². The second-order valence-electron chi connectivity index (χ2n) is 9.41. The van der Waals surface area contributed by atoms with E-state index in [2.05, 4.69) is 35.1 Å². The van der Waals surface area contributed by atoms with Crippen LogP contribution in [0.1, 0.15) is 0 Å². The molecule has 11 nitrogen and oxygen atoms in total. The first kappa shape index (κ1) is 24.8. The highest BCUT2D eigenvalue weighted by molar-refractivity contribution is 7.91. The van der Waals surface area contributed by atoms with Crippen molar-refractivity contribution in [1.82, 2.24) is 24.5 Å². The van der Waals surface area contributed by atoms with Gasteiger partial charge >= 0.3 is 0 Å². The van der Waals surface area contributed by atoms with E-state index in [1.165, 1.54) is 4.52 Å². The zero-order chi connectivity index (χ0) is 26.1. The van der Waals surface area contributed by atoms with Gasteiger partial charge in [0.05, 0.1) is 25.0 Å². The van der Waals surface area contributed by atoms with Crippen molar-refractivity contribution in [3.8, 4) is 11.5 Å². The summed E-state index contributed by atoms with van der Waals surface area (Å²) in [5, 5.41) is 7.67. The van der Waals surface area contributed by atoms with Crippen LogP contribution in [0.3, 0.4) is 0 Å². The number of nitrogens with one attached hydrogen (secondary N) is 1. The van der Waals surface area contributed by atoms with Crippen LogP contribution in [0, 0.1) is 5.82 Å². The minimum Gasteiger partial charge on any atom is -0.616 e. The van der Waals surface area contributed by atoms with E-state index in [0.717, 1.165) is 38.4 Å². The Morgan fingerprint density at radius 2 is 1.84 bits per heavy atom. The van der Waals surface area contributed by atoms with Crippen molar-refractivity contribution < 1.29 is 13.4 Å². The summed E-state index contributed by atoms with van der Waals surface area (Å²) in [6.07, 6.45) is 1.59. The average molecular weight is 540 g/mol. The van der Waals surface area contributed by atoms with E-state index < -0.39 is 11.2 Å². The molecule has 0 amide bonds. The summed E-state index contributed by atoms with van der Waals surface area (Å²) >= 11 is -0.749. The number of nitrogens with two attached hydrogens (primary N) is 1. The van der Waals surface area contributed by atoms with Crippen LogP contribution < -0.4 is 20.9 Å². The highest BCUT2D eigenvalue weighted by Gasteiger charge is 2.23. The Kier molecular flexibility index (Phi) is 6.96. The predicted octanol–water partition coefficient (Wildman–Crippen LogP) is 1.91. The summed E-state index contributed by atoms with van der Waals surface area (Å²) in [4.78, 5) is 15.4. The van der Waals surface area contributed by atoms with Gasteiger partial charge in [-0.1, -0.05) is 11.2 Å². The van der Waals surface area contributed by atoms with Crippen LogP contribution >= 0.6 is 0 Å². The molecule has 0 spiro atoms. The summed E-state index contributed by atoms with van der Waals surface area (Å²) in [5.74, 6) is 2.41. The van der Waals surface area contributed by atoms with Gasteiger partial charge in [0.1, 0.15) is 23.0 Å². The number of rotatable bonds is 7. The number of nitrogen functional groups attached to an aromatic ring is 1. The van der Waals surface area contributed by atoms with Crippen LogP contribution in [0.4, 0.5) is 27.7 Å². The summed E-state index contributed by atoms with van der Waals surface area (Å²) < 4.78 is 33.5. The number of furan rings is 1. The minimum absolute atomic E-state index is 0.204. The molecular weight excluding hydrogens is 509 g/mol. The normalized spacial score (nSPS) is 17.4. The van der Waals surface area contributed by atoms with E-state index in [0.29, 0.717) is 59.9 Å². The summed E-state index contributed by atoms with van der Waals surface area (Å²) in [7, 11) is 0. The molecule has 0 radical (unpaired) electrons. The van der Waals surface area contributed by atoms with Gasteiger partial charge in [0, 0.05) is 51.0 Å². The lowest BCUT2D eigenvalue weighted by molar-refractivity contribution is 0.266. The number of fused-ring (bicyclic) bond motifs is 1. The smallest absolute Gasteiger partial charge is 0.228 e. The molecule has 6 rings (SSSR count). The lowest BCUT2D eigenvalue weighted by Gasteiger charge is -2.36. The molecule has 0 saturated carbocycles. The number of aromatic nitrogens is 4. The molecule has 3 N–H and O–H groups in total. The molecule has 2 fully saturated rings. The van der Waals surface area contributed by atoms with Gasteiger partial charge in [-0.15, -0.1) is 0 Å². The SMILES string of the molecule is Nc1nc(NCCN2CCN(c3ccc(N4CC[S+]([O-])CC4)cc3F)CC2)nc2cc(-c3ccco3)nn12. The van der Waals surface area contributed by atoms with E-state index in [9.17, 15) is 8.94 Å². The fourth-order valence-corrected chi connectivity index (χ4v) is 5.97. The topological polar surface area (TPSA) is 127 Å². The molecule has 200 valence electrons. The Hall–Kier alpha value is -3.55. The Morgan fingerprint density at radius 3 is 2.58 bits per heavy atom. The Bertz CT molecular complexity index is 1380. The molecule has 38 heavy (non-hydrogen) atoms. The summed E-state index contributed by atoms with van der Waals surface area (Å²) in [6, 6.07) is 10.9. The zero-order valence-electron chi connectivity index (χ0n) is 20.9. The maximum atomic E-state index is 15.0. The standard InChI is InChI=1S/C25H30FN9O2S/c26-19-16-18(33-11-14-38(36)15-12-33)3-4-21(19)34-9-7-32(8-10-34)6-5-28-25-29-23-17-20(22-2-1-13-37-22)31-35(23)24(27)30-25/h1-4,13,16-17H,5-12,14-15H2,(H3,27,28,29,30). The lowest BCUT2D eigenvalue weighted by atomic mass is 10.2. The molecular formula is C25H30FN9O2S. The van der Waals surface area contributed by atoms with Crippen molar-refractivity contribution in [2.24, 2.45) is 0 Å². The van der Waals surface area contributed by atoms with Crippen LogP contribution in [-0.4, -0.2) is 92.9 Å². The monoisotopic (exact) mass is 539 g/mol. The fraction of sp³-hybridized carbons (Fsp3) is 0.400. The molecule has 2 aliphatic rings. The molecule has 0 aliphatic carbocycles. The number of nitrogens with zero attached hydrogens (tertiary/aromatic N) is 7. The van der Waals surface area contributed by atoms with Gasteiger partial charge in [-0.05, 0) is 30.3 Å². The molecule has 1 aromatic carbocycles. The molecule has 0 unspecified atom stereocenters. The van der Waals surface area contributed by atoms with E-state index in [-0.39, 0.29) is 11.8 Å². The van der Waals surface area contributed by atoms with Gasteiger partial charge in [-0.2, -0.15) is 19.6 Å². The number of hydrogen-bond donors (Lipinski definition) is 2. The van der Waals surface area contributed by atoms with Gasteiger partial charge < -0.3 is 29.8 Å². The number of hydrogen-bond acceptors (Lipinski definition) is 10. The van der Waals surface area contributed by atoms with Crippen LogP contribution in [0.25, 0.3) is 17.1 Å². The predicted molar refractivity (Wildman–Crippen MR) is 147 cm³/mol. The van der Waals surface area contributed by atoms with Gasteiger partial charge in [-0.3, -0.25) is 4.90 Å². The summed E-state index contributed by atoms with van der Waals surface area (Å²) in [6.45, 7) is 6.03. The molecule has 13 heteroatoms. The van der Waals surface area contributed by atoms with E-state index in [4.69, 9.17) is 10.2 Å². The molecule has 2 aliphatic heterocycles. The second kappa shape index (κ2) is 10.7. The molecule has 5 heterocycles. The van der Waals surface area contributed by atoms with E-state index in [1.807, 2.05) is 24.3 Å². The summed E-state index contributed by atoms with van der Waals surface area (Å²) in [5.41, 5.74) is 8.82. The maximum absolute atomic E-state index is 15.0. The number of benzene rings is 1. The molecule has 4 aromatic rings. The quantitative estimate of drug-likeness (QED) is 0.336. The highest BCUT2D eigenvalue weighted by Crippen LogP contribution is 2.27. The van der Waals surface area contributed by atoms with Crippen LogP contribution in [0.2, 0.25) is 0 Å². The van der Waals surface area contributed by atoms with Crippen LogP contribution in [0.15, 0.2) is 47.1 Å². The Morgan fingerprint density at radius 1 is 1.03 bits per heavy atom. The molecule has 3 aromatic heterocycles. The van der Waals surface area contributed by atoms with Crippen molar-refractivity contribution in [3.63, 3.8) is 0 Å². The largest absolute Gasteiger partial charge is 0.616 e. The van der Waals surface area contributed by atoms with Crippen molar-refractivity contribution in [2.75, 3.05) is 84.7 Å². The number of anilines is 4. The third kappa shape index (κ3) is 5.22. The Labute approximate surface area is 222 Å². The zero-order valence-corrected chi connectivity index (χ0v) is 21.7. The van der Waals surface area contributed by atoms with Crippen molar-refractivity contribution in [2.45, 2.75) is 0 Å².